The highest BCUT2D eigenvalue weighted by Gasteiger charge is 2.18. The first-order chi connectivity index (χ1) is 15.5. The fourth-order valence-electron chi connectivity index (χ4n) is 2.76. The Hall–Kier alpha value is -4.25. The molecule has 2 aromatic heterocycles. The van der Waals surface area contributed by atoms with Gasteiger partial charge < -0.3 is 14.5 Å². The molecule has 0 atom stereocenters. The average Bonchev–Trinajstić information content (AvgIpc) is 3.24. The maximum atomic E-state index is 12.6. The molecule has 0 bridgehead atoms. The van der Waals surface area contributed by atoms with Crippen LogP contribution >= 0.6 is 0 Å². The molecule has 32 heavy (non-hydrogen) atoms. The Morgan fingerprint density at radius 1 is 1.06 bits per heavy atom. The molecule has 0 saturated heterocycles. The highest BCUT2D eigenvalue weighted by Crippen LogP contribution is 2.23. The van der Waals surface area contributed by atoms with Crippen molar-refractivity contribution in [3.63, 3.8) is 0 Å². The van der Waals surface area contributed by atoms with Gasteiger partial charge in [-0.25, -0.2) is 23.4 Å². The first kappa shape index (κ1) is 21.0. The van der Waals surface area contributed by atoms with Gasteiger partial charge in [-0.05, 0) is 36.4 Å². The second-order valence-electron chi connectivity index (χ2n) is 6.39. The van der Waals surface area contributed by atoms with Crippen LogP contribution in [0, 0.1) is 0 Å². The Balaban J connectivity index is 1.51. The number of hydrogen-bond donors (Lipinski definition) is 2. The summed E-state index contributed by atoms with van der Waals surface area (Å²) in [7, 11) is -2.55. The van der Waals surface area contributed by atoms with E-state index in [2.05, 4.69) is 25.0 Å². The van der Waals surface area contributed by atoms with E-state index in [-0.39, 0.29) is 28.1 Å². The smallest absolute Gasteiger partial charge is 0.263 e. The van der Waals surface area contributed by atoms with Gasteiger partial charge >= 0.3 is 0 Å². The number of carbonyl (C=O) groups is 1. The van der Waals surface area contributed by atoms with Crippen molar-refractivity contribution in [3.8, 4) is 5.88 Å². The highest BCUT2D eigenvalue weighted by molar-refractivity contribution is 7.92. The molecule has 0 radical (unpaired) electrons. The quantitative estimate of drug-likeness (QED) is 0.306. The number of benzene rings is 2. The summed E-state index contributed by atoms with van der Waals surface area (Å²) in [6, 6.07) is 13.1. The summed E-state index contributed by atoms with van der Waals surface area (Å²) in [4.78, 5) is 23.6. The standard InChI is InChI=1S/C21H17N5O5S/c1-30-21-19(22-10-11-23-21)26-32(28,29)16-8-6-15(7-9-16)24-12-14(13-27)20-25-17-4-2-3-5-18(17)31-20/h2-13,24H,1H3,(H,22,26)/b14-12-. The maximum Gasteiger partial charge on any atom is 0.263 e. The number of sulfonamides is 1. The van der Waals surface area contributed by atoms with Gasteiger partial charge in [0.1, 0.15) is 5.52 Å². The van der Waals surface area contributed by atoms with Gasteiger partial charge in [0.05, 0.1) is 17.6 Å². The van der Waals surface area contributed by atoms with Gasteiger partial charge in [0.15, 0.2) is 11.9 Å². The van der Waals surface area contributed by atoms with Crippen molar-refractivity contribution >= 4 is 44.5 Å². The number of aldehydes is 1. The topological polar surface area (TPSA) is 136 Å². The van der Waals surface area contributed by atoms with Crippen LogP contribution in [0.3, 0.4) is 0 Å². The average molecular weight is 451 g/mol. The highest BCUT2D eigenvalue weighted by atomic mass is 32.2. The van der Waals surface area contributed by atoms with E-state index in [4.69, 9.17) is 9.15 Å². The normalized spacial score (nSPS) is 11.8. The number of nitrogens with zero attached hydrogens (tertiary/aromatic N) is 3. The largest absolute Gasteiger partial charge is 0.478 e. The number of methoxy groups -OCH3 is 1. The molecule has 0 aliphatic rings. The molecule has 0 amide bonds. The number of nitrogens with one attached hydrogen (secondary N) is 2. The Labute approximate surface area is 183 Å². The first-order valence-corrected chi connectivity index (χ1v) is 10.7. The van der Waals surface area contributed by atoms with Crippen LogP contribution in [-0.4, -0.2) is 36.8 Å². The van der Waals surface area contributed by atoms with Gasteiger partial charge in [0.2, 0.25) is 11.7 Å². The number of hydrogen-bond acceptors (Lipinski definition) is 9. The summed E-state index contributed by atoms with van der Waals surface area (Å²) in [5.41, 5.74) is 1.96. The number of aromatic nitrogens is 3. The summed E-state index contributed by atoms with van der Waals surface area (Å²) in [5, 5.41) is 2.93. The van der Waals surface area contributed by atoms with Crippen molar-refractivity contribution < 1.29 is 22.4 Å². The predicted octanol–water partition coefficient (Wildman–Crippen LogP) is 3.08. The Kier molecular flexibility index (Phi) is 5.81. The molecular formula is C21H17N5O5S. The van der Waals surface area contributed by atoms with Crippen LogP contribution in [-0.2, 0) is 14.8 Å². The number of fused-ring (bicyclic) bond motifs is 1. The summed E-state index contributed by atoms with van der Waals surface area (Å²) >= 11 is 0. The molecule has 11 heteroatoms. The molecular weight excluding hydrogens is 434 g/mol. The molecule has 0 unspecified atom stereocenters. The third kappa shape index (κ3) is 4.42. The fraction of sp³-hybridized carbons (Fsp3) is 0.0476. The van der Waals surface area contributed by atoms with Gasteiger partial charge in [-0.3, -0.25) is 9.52 Å². The lowest BCUT2D eigenvalue weighted by Gasteiger charge is -2.10. The second kappa shape index (κ2) is 8.86. The molecule has 2 heterocycles. The number of para-hydroxylation sites is 2. The van der Waals surface area contributed by atoms with Crippen LogP contribution in [0.25, 0.3) is 16.7 Å². The molecule has 10 nitrogen and oxygen atoms in total. The van der Waals surface area contributed by atoms with E-state index in [1.54, 1.807) is 24.3 Å². The molecule has 162 valence electrons. The van der Waals surface area contributed by atoms with Crippen molar-refractivity contribution in [2.75, 3.05) is 17.1 Å². The number of carbonyl (C=O) groups excluding carboxylic acids is 1. The summed E-state index contributed by atoms with van der Waals surface area (Å²) in [5.74, 6) is 0.212. The van der Waals surface area contributed by atoms with Crippen LogP contribution in [0.1, 0.15) is 5.89 Å². The van der Waals surface area contributed by atoms with E-state index in [0.717, 1.165) is 0 Å². The molecule has 2 N–H and O–H groups in total. The number of anilines is 2. The van der Waals surface area contributed by atoms with Gasteiger partial charge in [0.25, 0.3) is 15.9 Å². The number of oxazole rings is 1. The maximum absolute atomic E-state index is 12.6. The Morgan fingerprint density at radius 3 is 2.53 bits per heavy atom. The van der Waals surface area contributed by atoms with Gasteiger partial charge in [-0.15, -0.1) is 0 Å². The molecule has 4 rings (SSSR count). The Bertz CT molecular complexity index is 1360. The fourth-order valence-corrected chi connectivity index (χ4v) is 3.77. The van der Waals surface area contributed by atoms with Gasteiger partial charge in [-0.1, -0.05) is 12.1 Å². The molecule has 0 aliphatic heterocycles. The molecule has 0 aliphatic carbocycles. The minimum Gasteiger partial charge on any atom is -0.478 e. The number of ether oxygens (including phenoxy) is 1. The number of allylic oxidation sites excluding steroid dienone is 1. The third-order valence-electron chi connectivity index (χ3n) is 4.32. The molecule has 2 aromatic carbocycles. The van der Waals surface area contributed by atoms with E-state index < -0.39 is 10.0 Å². The van der Waals surface area contributed by atoms with Crippen LogP contribution in [0.5, 0.6) is 5.88 Å². The van der Waals surface area contributed by atoms with Crippen LogP contribution in [0.4, 0.5) is 11.5 Å². The summed E-state index contributed by atoms with van der Waals surface area (Å²) in [6.07, 6.45) is 4.79. The molecule has 0 fully saturated rings. The lowest BCUT2D eigenvalue weighted by molar-refractivity contribution is -0.103. The number of rotatable bonds is 8. The van der Waals surface area contributed by atoms with Crippen molar-refractivity contribution in [1.82, 2.24) is 15.0 Å². The molecule has 4 aromatic rings. The van der Waals surface area contributed by atoms with Crippen molar-refractivity contribution in [3.05, 3.63) is 73.0 Å². The van der Waals surface area contributed by atoms with E-state index >= 15 is 0 Å². The van der Waals surface area contributed by atoms with E-state index in [1.165, 1.54) is 37.8 Å². The van der Waals surface area contributed by atoms with E-state index in [1.807, 2.05) is 12.1 Å². The van der Waals surface area contributed by atoms with Crippen molar-refractivity contribution in [2.45, 2.75) is 4.90 Å². The van der Waals surface area contributed by atoms with Crippen LogP contribution in [0.15, 0.2) is 76.4 Å². The second-order valence-corrected chi connectivity index (χ2v) is 8.08. The lowest BCUT2D eigenvalue weighted by atomic mass is 10.3. The minimum atomic E-state index is -3.91. The van der Waals surface area contributed by atoms with Gasteiger partial charge in [0, 0.05) is 24.3 Å². The minimum absolute atomic E-state index is 0.00861. The Morgan fingerprint density at radius 2 is 1.81 bits per heavy atom. The van der Waals surface area contributed by atoms with Gasteiger partial charge in [-0.2, -0.15) is 0 Å². The summed E-state index contributed by atoms with van der Waals surface area (Å²) in [6.45, 7) is 0. The summed E-state index contributed by atoms with van der Waals surface area (Å²) < 4.78 is 38.2. The molecule has 0 spiro atoms. The predicted molar refractivity (Wildman–Crippen MR) is 118 cm³/mol. The monoisotopic (exact) mass is 451 g/mol. The zero-order valence-corrected chi connectivity index (χ0v) is 17.5. The van der Waals surface area contributed by atoms with Crippen LogP contribution < -0.4 is 14.8 Å². The third-order valence-corrected chi connectivity index (χ3v) is 5.67. The lowest BCUT2D eigenvalue weighted by Crippen LogP contribution is -2.15. The molecule has 0 saturated carbocycles. The SMILES string of the molecule is COc1nccnc1NS(=O)(=O)c1ccc(N/C=C(/C=O)c2nc3ccccc3o2)cc1. The van der Waals surface area contributed by atoms with Crippen molar-refractivity contribution in [1.29, 1.82) is 0 Å². The van der Waals surface area contributed by atoms with Crippen LogP contribution in [0.2, 0.25) is 0 Å². The van der Waals surface area contributed by atoms with Crippen molar-refractivity contribution in [2.24, 2.45) is 0 Å². The zero-order chi connectivity index (χ0) is 22.6. The van der Waals surface area contributed by atoms with E-state index in [9.17, 15) is 13.2 Å². The van der Waals surface area contributed by atoms with E-state index in [0.29, 0.717) is 23.1 Å². The zero-order valence-electron chi connectivity index (χ0n) is 16.7. The first-order valence-electron chi connectivity index (χ1n) is 9.26.